The molecule has 120 valence electrons. The van der Waals surface area contributed by atoms with Crippen LogP contribution in [-0.4, -0.2) is 29.5 Å². The largest absolute Gasteiger partial charge is 0.385 e. The van der Waals surface area contributed by atoms with Crippen LogP contribution in [0, 0.1) is 21.4 Å². The number of hydrogen-bond donors (Lipinski definition) is 1. The van der Waals surface area contributed by atoms with Gasteiger partial charge in [-0.2, -0.15) is 5.26 Å². The van der Waals surface area contributed by atoms with Crippen molar-refractivity contribution in [1.29, 1.82) is 5.26 Å². The third-order valence-corrected chi connectivity index (χ3v) is 4.26. The second-order valence-corrected chi connectivity index (χ2v) is 6.23. The van der Waals surface area contributed by atoms with Crippen molar-refractivity contribution in [2.45, 2.75) is 32.6 Å². The summed E-state index contributed by atoms with van der Waals surface area (Å²) >= 11 is 0. The van der Waals surface area contributed by atoms with Crippen LogP contribution in [0.5, 0.6) is 0 Å². The number of hydrogen-bond acceptors (Lipinski definition) is 6. The van der Waals surface area contributed by atoms with Gasteiger partial charge in [0.1, 0.15) is 23.1 Å². The van der Waals surface area contributed by atoms with Gasteiger partial charge < -0.3 is 10.2 Å². The van der Waals surface area contributed by atoms with Crippen LogP contribution in [0.25, 0.3) is 0 Å². The molecule has 1 aromatic heterocycles. The molecule has 1 saturated heterocycles. The number of piperazine rings is 1. The highest BCUT2D eigenvalue weighted by atomic mass is 16.6. The fraction of sp³-hybridized carbons (Fsp3) is 0.500. The summed E-state index contributed by atoms with van der Waals surface area (Å²) in [5.41, 5.74) is 3.09. The molecule has 2 fully saturated rings. The fourth-order valence-electron chi connectivity index (χ4n) is 2.82. The average molecular weight is 313 g/mol. The summed E-state index contributed by atoms with van der Waals surface area (Å²) in [6.45, 7) is 6.21. The molecule has 3 rings (SSSR count). The van der Waals surface area contributed by atoms with Crippen LogP contribution in [0.3, 0.4) is 0 Å². The zero-order valence-electron chi connectivity index (χ0n) is 13.3. The normalized spacial score (nSPS) is 17.4. The van der Waals surface area contributed by atoms with E-state index in [1.54, 1.807) is 0 Å². The van der Waals surface area contributed by atoms with Gasteiger partial charge in [-0.3, -0.25) is 10.1 Å². The summed E-state index contributed by atoms with van der Waals surface area (Å²) in [6.07, 6.45) is 1.86. The van der Waals surface area contributed by atoms with Crippen molar-refractivity contribution in [3.05, 3.63) is 38.7 Å². The minimum atomic E-state index is -0.426. The number of nitrogens with one attached hydrogen (secondary N) is 1. The molecule has 7 nitrogen and oxygen atoms in total. The average Bonchev–Trinajstić information content (AvgIpc) is 3.38. The molecule has 0 spiro atoms. The van der Waals surface area contributed by atoms with E-state index in [1.807, 2.05) is 18.7 Å². The highest BCUT2D eigenvalue weighted by Gasteiger charge is 2.34. The number of nitriles is 1. The lowest BCUT2D eigenvalue weighted by molar-refractivity contribution is -0.385. The summed E-state index contributed by atoms with van der Waals surface area (Å²) < 4.78 is 0. The van der Waals surface area contributed by atoms with E-state index < -0.39 is 4.92 Å². The molecule has 0 atom stereocenters. The first kappa shape index (κ1) is 15.3. The molecule has 7 heteroatoms. The van der Waals surface area contributed by atoms with Crippen molar-refractivity contribution < 1.29 is 4.92 Å². The monoisotopic (exact) mass is 313 g/mol. The Kier molecular flexibility index (Phi) is 3.90. The van der Waals surface area contributed by atoms with E-state index in [1.165, 1.54) is 11.6 Å². The Bertz CT molecular complexity index is 727. The van der Waals surface area contributed by atoms with Crippen molar-refractivity contribution in [2.75, 3.05) is 24.5 Å². The molecule has 23 heavy (non-hydrogen) atoms. The second kappa shape index (κ2) is 5.88. The lowest BCUT2D eigenvalue weighted by Gasteiger charge is -2.32. The fourth-order valence-corrected chi connectivity index (χ4v) is 2.82. The molecule has 1 N–H and O–H groups in total. The highest BCUT2D eigenvalue weighted by Crippen LogP contribution is 2.44. The molecule has 2 aliphatic rings. The molecule has 0 bridgehead atoms. The van der Waals surface area contributed by atoms with Crippen molar-refractivity contribution >= 4 is 11.5 Å². The summed E-state index contributed by atoms with van der Waals surface area (Å²) in [5, 5.41) is 24.0. The Labute approximate surface area is 134 Å². The SMILES string of the molecule is CC(C)=C1CN(c2nc(C3CC3)c([N+](=O)[O-])cc2C#N)CCN1. The molecular weight excluding hydrogens is 294 g/mol. The van der Waals surface area contributed by atoms with Crippen LogP contribution in [0.1, 0.15) is 43.9 Å². The summed E-state index contributed by atoms with van der Waals surface area (Å²) in [4.78, 5) is 17.4. The van der Waals surface area contributed by atoms with Crippen LogP contribution >= 0.6 is 0 Å². The van der Waals surface area contributed by atoms with Gasteiger partial charge >= 0.3 is 0 Å². The standard InChI is InChI=1S/C16H19N5O2/c1-10(2)13-9-20(6-5-18-13)16-12(8-17)7-14(21(22)23)15(19-16)11-3-4-11/h7,11,18H,3-6,9H2,1-2H3. The van der Waals surface area contributed by atoms with E-state index >= 15 is 0 Å². The first-order chi connectivity index (χ1) is 11.0. The number of nitrogens with zero attached hydrogens (tertiary/aromatic N) is 4. The third kappa shape index (κ3) is 2.97. The van der Waals surface area contributed by atoms with Crippen LogP contribution < -0.4 is 10.2 Å². The lowest BCUT2D eigenvalue weighted by Crippen LogP contribution is -2.43. The molecule has 0 amide bonds. The molecule has 1 aliphatic heterocycles. The molecule has 1 saturated carbocycles. The van der Waals surface area contributed by atoms with Gasteiger partial charge in [-0.05, 0) is 26.7 Å². The van der Waals surface area contributed by atoms with Gasteiger partial charge in [0.2, 0.25) is 0 Å². The van der Waals surface area contributed by atoms with Gasteiger partial charge in [0.15, 0.2) is 0 Å². The molecule has 1 aromatic rings. The van der Waals surface area contributed by atoms with Crippen LogP contribution in [0.15, 0.2) is 17.3 Å². The molecule has 1 aliphatic carbocycles. The smallest absolute Gasteiger partial charge is 0.292 e. The Hall–Kier alpha value is -2.62. The van der Waals surface area contributed by atoms with Crippen LogP contribution in [-0.2, 0) is 0 Å². The van der Waals surface area contributed by atoms with Gasteiger partial charge in [-0.1, -0.05) is 5.57 Å². The second-order valence-electron chi connectivity index (χ2n) is 6.23. The maximum atomic E-state index is 11.3. The van der Waals surface area contributed by atoms with Crippen molar-refractivity contribution in [3.8, 4) is 6.07 Å². The summed E-state index contributed by atoms with van der Waals surface area (Å²) in [7, 11) is 0. The van der Waals surface area contributed by atoms with Crippen molar-refractivity contribution in [3.63, 3.8) is 0 Å². The predicted molar refractivity (Wildman–Crippen MR) is 86.2 cm³/mol. The first-order valence-electron chi connectivity index (χ1n) is 7.76. The lowest BCUT2D eigenvalue weighted by atomic mass is 10.1. The van der Waals surface area contributed by atoms with Gasteiger partial charge in [-0.25, -0.2) is 4.98 Å². The zero-order valence-corrected chi connectivity index (χ0v) is 13.3. The maximum Gasteiger partial charge on any atom is 0.292 e. The Morgan fingerprint density at radius 2 is 2.26 bits per heavy atom. The maximum absolute atomic E-state index is 11.3. The predicted octanol–water partition coefficient (Wildman–Crippen LogP) is 2.44. The van der Waals surface area contributed by atoms with E-state index in [0.29, 0.717) is 18.1 Å². The number of allylic oxidation sites excluding steroid dienone is 1. The minimum absolute atomic E-state index is 0.0228. The topological polar surface area (TPSA) is 95.1 Å². The molecule has 0 radical (unpaired) electrons. The van der Waals surface area contributed by atoms with E-state index in [9.17, 15) is 15.4 Å². The number of rotatable bonds is 3. The van der Waals surface area contributed by atoms with Gasteiger partial charge in [-0.15, -0.1) is 0 Å². The molecule has 0 unspecified atom stereocenters. The van der Waals surface area contributed by atoms with Crippen molar-refractivity contribution in [2.24, 2.45) is 0 Å². The van der Waals surface area contributed by atoms with E-state index in [0.717, 1.165) is 31.6 Å². The number of nitro groups is 1. The highest BCUT2D eigenvalue weighted by molar-refractivity contribution is 5.61. The van der Waals surface area contributed by atoms with Crippen molar-refractivity contribution in [1.82, 2.24) is 10.3 Å². The molecular formula is C16H19N5O2. The number of anilines is 1. The number of pyridine rings is 1. The molecule has 2 heterocycles. The van der Waals surface area contributed by atoms with Gasteiger partial charge in [0.25, 0.3) is 5.69 Å². The van der Waals surface area contributed by atoms with Crippen LogP contribution in [0.2, 0.25) is 0 Å². The number of aromatic nitrogens is 1. The first-order valence-corrected chi connectivity index (χ1v) is 7.76. The van der Waals surface area contributed by atoms with E-state index in [-0.39, 0.29) is 17.2 Å². The third-order valence-electron chi connectivity index (χ3n) is 4.26. The van der Waals surface area contributed by atoms with Crippen LogP contribution in [0.4, 0.5) is 11.5 Å². The zero-order chi connectivity index (χ0) is 16.6. The van der Waals surface area contributed by atoms with Gasteiger partial charge in [0, 0.05) is 30.8 Å². The minimum Gasteiger partial charge on any atom is -0.385 e. The molecule has 0 aromatic carbocycles. The summed E-state index contributed by atoms with van der Waals surface area (Å²) in [5.74, 6) is 0.730. The van der Waals surface area contributed by atoms with E-state index in [2.05, 4.69) is 16.4 Å². The van der Waals surface area contributed by atoms with Gasteiger partial charge in [0.05, 0.1) is 11.5 Å². The van der Waals surface area contributed by atoms with E-state index in [4.69, 9.17) is 0 Å². The summed E-state index contributed by atoms with van der Waals surface area (Å²) in [6, 6.07) is 3.46. The quantitative estimate of drug-likeness (QED) is 0.680. The Balaban J connectivity index is 2.04. The Morgan fingerprint density at radius 3 is 2.83 bits per heavy atom. The Morgan fingerprint density at radius 1 is 1.52 bits per heavy atom.